The van der Waals surface area contributed by atoms with Crippen LogP contribution >= 0.6 is 11.8 Å². The molecule has 0 radical (unpaired) electrons. The van der Waals surface area contributed by atoms with Crippen LogP contribution in [0.25, 0.3) is 0 Å². The third-order valence-electron chi connectivity index (χ3n) is 1.79. The Kier molecular flexibility index (Phi) is 4.94. The van der Waals surface area contributed by atoms with Crippen LogP contribution in [-0.4, -0.2) is 17.0 Å². The second-order valence-corrected chi connectivity index (χ2v) is 4.28. The van der Waals surface area contributed by atoms with E-state index in [1.807, 2.05) is 24.8 Å². The molecule has 0 amide bonds. The molecule has 0 spiro atoms. The van der Waals surface area contributed by atoms with Gasteiger partial charge in [0.05, 0.1) is 6.10 Å². The largest absolute Gasteiger partial charge is 0.393 e. The first-order chi connectivity index (χ1) is 6.29. The molecule has 13 heavy (non-hydrogen) atoms. The molecule has 1 N–H and O–H groups in total. The number of benzene rings is 1. The molecule has 1 aromatic carbocycles. The number of hydrogen-bond acceptors (Lipinski definition) is 2. The van der Waals surface area contributed by atoms with E-state index in [9.17, 15) is 0 Å². The van der Waals surface area contributed by atoms with Crippen LogP contribution in [0, 0.1) is 0 Å². The van der Waals surface area contributed by atoms with Crippen LogP contribution in [0.2, 0.25) is 0 Å². The minimum Gasteiger partial charge on any atom is -0.393 e. The van der Waals surface area contributed by atoms with Crippen LogP contribution in [0.5, 0.6) is 0 Å². The number of thioether (sulfide) groups is 1. The highest BCUT2D eigenvalue weighted by atomic mass is 32.2. The number of aliphatic hydroxyl groups excluding tert-OH is 1. The van der Waals surface area contributed by atoms with Crippen molar-refractivity contribution in [1.29, 1.82) is 0 Å². The van der Waals surface area contributed by atoms with E-state index < -0.39 is 0 Å². The summed E-state index contributed by atoms with van der Waals surface area (Å²) in [5, 5.41) is 9.04. The Balaban J connectivity index is 2.13. The molecule has 1 nitrogen and oxygen atoms in total. The maximum atomic E-state index is 9.04. The van der Waals surface area contributed by atoms with Crippen molar-refractivity contribution in [3.63, 3.8) is 0 Å². The summed E-state index contributed by atoms with van der Waals surface area (Å²) in [6, 6.07) is 10.4. The monoisotopic (exact) mass is 196 g/mol. The average molecular weight is 196 g/mol. The van der Waals surface area contributed by atoms with Crippen molar-refractivity contribution in [2.24, 2.45) is 0 Å². The summed E-state index contributed by atoms with van der Waals surface area (Å²) in [5.74, 6) is 2.08. The Hall–Kier alpha value is -0.470. The summed E-state index contributed by atoms with van der Waals surface area (Å²) in [5.41, 5.74) is 1.36. The lowest BCUT2D eigenvalue weighted by Crippen LogP contribution is -2.00. The Morgan fingerprint density at radius 3 is 2.62 bits per heavy atom. The van der Waals surface area contributed by atoms with Gasteiger partial charge in [0, 0.05) is 5.75 Å². The maximum absolute atomic E-state index is 9.04. The summed E-state index contributed by atoms with van der Waals surface area (Å²) in [6.45, 7) is 1.84. The Bertz CT molecular complexity index is 221. The lowest BCUT2D eigenvalue weighted by atomic mass is 10.2. The number of rotatable bonds is 5. The zero-order valence-corrected chi connectivity index (χ0v) is 8.76. The summed E-state index contributed by atoms with van der Waals surface area (Å²) in [7, 11) is 0. The summed E-state index contributed by atoms with van der Waals surface area (Å²) in [6.07, 6.45) is 0.723. The van der Waals surface area contributed by atoms with Crippen molar-refractivity contribution < 1.29 is 5.11 Å². The van der Waals surface area contributed by atoms with E-state index in [1.54, 1.807) is 0 Å². The summed E-state index contributed by atoms with van der Waals surface area (Å²) >= 11 is 1.87. The van der Waals surface area contributed by atoms with Gasteiger partial charge in [-0.15, -0.1) is 0 Å². The van der Waals surface area contributed by atoms with Gasteiger partial charge in [-0.2, -0.15) is 11.8 Å². The van der Waals surface area contributed by atoms with Gasteiger partial charge >= 0.3 is 0 Å². The first kappa shape index (κ1) is 10.6. The second-order valence-electron chi connectivity index (χ2n) is 3.18. The molecular formula is C11H16OS. The van der Waals surface area contributed by atoms with Crippen molar-refractivity contribution in [2.75, 3.05) is 5.75 Å². The second kappa shape index (κ2) is 6.06. The molecule has 0 saturated carbocycles. The quantitative estimate of drug-likeness (QED) is 0.731. The fourth-order valence-electron chi connectivity index (χ4n) is 1.02. The van der Waals surface area contributed by atoms with Crippen LogP contribution in [-0.2, 0) is 5.75 Å². The number of hydrogen-bond donors (Lipinski definition) is 1. The van der Waals surface area contributed by atoms with Crippen molar-refractivity contribution in [2.45, 2.75) is 25.2 Å². The highest BCUT2D eigenvalue weighted by molar-refractivity contribution is 7.98. The standard InChI is InChI=1S/C11H16OS/c1-10(12)7-8-13-9-11-5-3-2-4-6-11/h2-6,10,12H,7-9H2,1H3. The van der Waals surface area contributed by atoms with Gasteiger partial charge < -0.3 is 5.11 Å². The first-order valence-electron chi connectivity index (χ1n) is 4.59. The molecule has 0 aromatic heterocycles. The fourth-order valence-corrected chi connectivity index (χ4v) is 2.10. The molecule has 1 rings (SSSR count). The third kappa shape index (κ3) is 4.96. The molecule has 1 aromatic rings. The zero-order valence-electron chi connectivity index (χ0n) is 7.94. The van der Waals surface area contributed by atoms with Gasteiger partial charge in [0.1, 0.15) is 0 Å². The number of aliphatic hydroxyl groups is 1. The van der Waals surface area contributed by atoms with Gasteiger partial charge in [-0.05, 0) is 24.7 Å². The fraction of sp³-hybridized carbons (Fsp3) is 0.455. The normalized spacial score (nSPS) is 12.8. The van der Waals surface area contributed by atoms with Crippen molar-refractivity contribution in [1.82, 2.24) is 0 Å². The molecule has 0 aliphatic carbocycles. The van der Waals surface area contributed by atoms with Gasteiger partial charge in [0.15, 0.2) is 0 Å². The highest BCUT2D eigenvalue weighted by Crippen LogP contribution is 2.13. The van der Waals surface area contributed by atoms with E-state index in [1.165, 1.54) is 5.56 Å². The van der Waals surface area contributed by atoms with Crippen LogP contribution in [0.15, 0.2) is 30.3 Å². The molecule has 1 unspecified atom stereocenters. The van der Waals surface area contributed by atoms with Crippen molar-refractivity contribution >= 4 is 11.8 Å². The molecular weight excluding hydrogens is 180 g/mol. The van der Waals surface area contributed by atoms with E-state index >= 15 is 0 Å². The molecule has 1 atom stereocenters. The molecule has 72 valence electrons. The molecule has 0 heterocycles. The third-order valence-corrected chi connectivity index (χ3v) is 2.85. The molecule has 0 aliphatic heterocycles. The van der Waals surface area contributed by atoms with Gasteiger partial charge in [-0.1, -0.05) is 30.3 Å². The Morgan fingerprint density at radius 1 is 1.31 bits per heavy atom. The summed E-state index contributed by atoms with van der Waals surface area (Å²) in [4.78, 5) is 0. The molecule has 0 fully saturated rings. The molecule has 2 heteroatoms. The van der Waals surface area contributed by atoms with Gasteiger partial charge in [0.25, 0.3) is 0 Å². The van der Waals surface area contributed by atoms with E-state index in [-0.39, 0.29) is 6.10 Å². The predicted octanol–water partition coefficient (Wildman–Crippen LogP) is 2.69. The minimum absolute atomic E-state index is 0.164. The van der Waals surface area contributed by atoms with Crippen molar-refractivity contribution in [3.8, 4) is 0 Å². The highest BCUT2D eigenvalue weighted by Gasteiger charge is 1.96. The topological polar surface area (TPSA) is 20.2 Å². The lowest BCUT2D eigenvalue weighted by Gasteiger charge is -2.03. The van der Waals surface area contributed by atoms with Crippen LogP contribution in [0.4, 0.5) is 0 Å². The van der Waals surface area contributed by atoms with Crippen LogP contribution in [0.3, 0.4) is 0 Å². The average Bonchev–Trinajstić information content (AvgIpc) is 2.14. The predicted molar refractivity (Wildman–Crippen MR) is 58.9 cm³/mol. The molecule has 0 aliphatic rings. The van der Waals surface area contributed by atoms with E-state index in [0.29, 0.717) is 0 Å². The lowest BCUT2D eigenvalue weighted by molar-refractivity contribution is 0.192. The molecule has 0 saturated heterocycles. The Morgan fingerprint density at radius 2 is 2.00 bits per heavy atom. The maximum Gasteiger partial charge on any atom is 0.0520 e. The van der Waals surface area contributed by atoms with Gasteiger partial charge in [-0.3, -0.25) is 0 Å². The van der Waals surface area contributed by atoms with Gasteiger partial charge in [-0.25, -0.2) is 0 Å². The van der Waals surface area contributed by atoms with E-state index in [4.69, 9.17) is 5.11 Å². The minimum atomic E-state index is -0.164. The zero-order chi connectivity index (χ0) is 9.52. The van der Waals surface area contributed by atoms with E-state index in [0.717, 1.165) is 17.9 Å². The van der Waals surface area contributed by atoms with Gasteiger partial charge in [0.2, 0.25) is 0 Å². The van der Waals surface area contributed by atoms with Crippen LogP contribution in [0.1, 0.15) is 18.9 Å². The van der Waals surface area contributed by atoms with Crippen molar-refractivity contribution in [3.05, 3.63) is 35.9 Å². The van der Waals surface area contributed by atoms with E-state index in [2.05, 4.69) is 24.3 Å². The smallest absolute Gasteiger partial charge is 0.0520 e. The summed E-state index contributed by atoms with van der Waals surface area (Å²) < 4.78 is 0. The molecule has 0 bridgehead atoms. The SMILES string of the molecule is CC(O)CCSCc1ccccc1. The van der Waals surface area contributed by atoms with Crippen LogP contribution < -0.4 is 0 Å². The first-order valence-corrected chi connectivity index (χ1v) is 5.74. The Labute approximate surface area is 84.2 Å².